The molecule has 2 amide bonds. The third kappa shape index (κ3) is 6.25. The van der Waals surface area contributed by atoms with Crippen LogP contribution in [0.15, 0.2) is 54.9 Å². The maximum atomic E-state index is 12.4. The quantitative estimate of drug-likeness (QED) is 0.769. The van der Waals surface area contributed by atoms with Gasteiger partial charge >= 0.3 is 0 Å². The number of benzene rings is 1. The van der Waals surface area contributed by atoms with Gasteiger partial charge in [-0.05, 0) is 35.7 Å². The van der Waals surface area contributed by atoms with E-state index in [1.165, 1.54) is 0 Å². The van der Waals surface area contributed by atoms with Crippen molar-refractivity contribution in [3.63, 3.8) is 0 Å². The summed E-state index contributed by atoms with van der Waals surface area (Å²) >= 11 is 0. The minimum Gasteiger partial charge on any atom is -0.484 e. The molecule has 1 heterocycles. The zero-order valence-corrected chi connectivity index (χ0v) is 14.4. The van der Waals surface area contributed by atoms with E-state index in [2.05, 4.69) is 15.6 Å². The Labute approximate surface area is 147 Å². The Kier molecular flexibility index (Phi) is 6.95. The number of para-hydroxylation sites is 1. The SMILES string of the molecule is CC(C)C(NC(=O)COc1ccccc1)C(=O)NCc1ccncc1. The fraction of sp³-hybridized carbons (Fsp3) is 0.316. The molecule has 1 aromatic carbocycles. The molecule has 0 aliphatic carbocycles. The van der Waals surface area contributed by atoms with Gasteiger partial charge in [0, 0.05) is 18.9 Å². The summed E-state index contributed by atoms with van der Waals surface area (Å²) in [5.41, 5.74) is 0.949. The van der Waals surface area contributed by atoms with Gasteiger partial charge in [0.25, 0.3) is 5.91 Å². The summed E-state index contributed by atoms with van der Waals surface area (Å²) in [4.78, 5) is 28.4. The van der Waals surface area contributed by atoms with Gasteiger partial charge < -0.3 is 15.4 Å². The number of carbonyl (C=O) groups excluding carboxylic acids is 2. The average Bonchev–Trinajstić information content (AvgIpc) is 2.64. The topological polar surface area (TPSA) is 80.3 Å². The maximum absolute atomic E-state index is 12.4. The van der Waals surface area contributed by atoms with E-state index in [1.54, 1.807) is 24.5 Å². The summed E-state index contributed by atoms with van der Waals surface area (Å²) < 4.78 is 5.41. The van der Waals surface area contributed by atoms with Crippen molar-refractivity contribution in [1.82, 2.24) is 15.6 Å². The predicted octanol–water partition coefficient (Wildman–Crippen LogP) is 1.92. The molecule has 6 nitrogen and oxygen atoms in total. The van der Waals surface area contributed by atoms with Crippen molar-refractivity contribution < 1.29 is 14.3 Å². The number of rotatable bonds is 8. The Morgan fingerprint density at radius 1 is 1.08 bits per heavy atom. The van der Waals surface area contributed by atoms with E-state index in [9.17, 15) is 9.59 Å². The van der Waals surface area contributed by atoms with Crippen LogP contribution in [0.3, 0.4) is 0 Å². The fourth-order valence-electron chi connectivity index (χ4n) is 2.22. The molecule has 0 spiro atoms. The first-order valence-electron chi connectivity index (χ1n) is 8.20. The van der Waals surface area contributed by atoms with E-state index in [0.717, 1.165) is 5.56 Å². The molecule has 0 bridgehead atoms. The third-order valence-corrected chi connectivity index (χ3v) is 3.59. The van der Waals surface area contributed by atoms with Crippen LogP contribution in [-0.2, 0) is 16.1 Å². The zero-order chi connectivity index (χ0) is 18.1. The molecule has 132 valence electrons. The fourth-order valence-corrected chi connectivity index (χ4v) is 2.22. The molecule has 2 N–H and O–H groups in total. The van der Waals surface area contributed by atoms with Gasteiger partial charge in [0.2, 0.25) is 5.91 Å². The van der Waals surface area contributed by atoms with Gasteiger partial charge in [-0.25, -0.2) is 0 Å². The number of hydrogen-bond acceptors (Lipinski definition) is 4. The minimum atomic E-state index is -0.617. The van der Waals surface area contributed by atoms with E-state index in [4.69, 9.17) is 4.74 Å². The first-order valence-corrected chi connectivity index (χ1v) is 8.20. The summed E-state index contributed by atoms with van der Waals surface area (Å²) in [6, 6.07) is 12.1. The number of pyridine rings is 1. The molecule has 1 unspecified atom stereocenters. The van der Waals surface area contributed by atoms with Crippen molar-refractivity contribution in [3.05, 3.63) is 60.4 Å². The van der Waals surface area contributed by atoms with Gasteiger partial charge in [-0.3, -0.25) is 14.6 Å². The second kappa shape index (κ2) is 9.42. The number of amides is 2. The molecular formula is C19H23N3O3. The lowest BCUT2D eigenvalue weighted by molar-refractivity contribution is -0.131. The zero-order valence-electron chi connectivity index (χ0n) is 14.4. The lowest BCUT2D eigenvalue weighted by atomic mass is 10.0. The molecule has 25 heavy (non-hydrogen) atoms. The van der Waals surface area contributed by atoms with E-state index in [-0.39, 0.29) is 24.3 Å². The highest BCUT2D eigenvalue weighted by molar-refractivity contribution is 5.88. The predicted molar refractivity (Wildman–Crippen MR) is 94.8 cm³/mol. The summed E-state index contributed by atoms with van der Waals surface area (Å²) in [6.07, 6.45) is 3.34. The van der Waals surface area contributed by atoms with Gasteiger partial charge in [0.15, 0.2) is 6.61 Å². The van der Waals surface area contributed by atoms with Crippen LogP contribution in [0.5, 0.6) is 5.75 Å². The molecule has 2 rings (SSSR count). The Bertz CT molecular complexity index is 675. The Morgan fingerprint density at radius 2 is 1.76 bits per heavy atom. The van der Waals surface area contributed by atoms with Gasteiger partial charge in [0.1, 0.15) is 11.8 Å². The minimum absolute atomic E-state index is 0.0434. The van der Waals surface area contributed by atoms with Crippen molar-refractivity contribution in [2.75, 3.05) is 6.61 Å². The Morgan fingerprint density at radius 3 is 2.40 bits per heavy atom. The molecule has 0 fully saturated rings. The van der Waals surface area contributed by atoms with Crippen molar-refractivity contribution in [1.29, 1.82) is 0 Å². The van der Waals surface area contributed by atoms with Crippen LogP contribution >= 0.6 is 0 Å². The summed E-state index contributed by atoms with van der Waals surface area (Å²) in [7, 11) is 0. The second-order valence-corrected chi connectivity index (χ2v) is 5.96. The first-order chi connectivity index (χ1) is 12.1. The molecule has 2 aromatic rings. The highest BCUT2D eigenvalue weighted by atomic mass is 16.5. The standard InChI is InChI=1S/C19H23N3O3/c1-14(2)18(19(24)21-12-15-8-10-20-11-9-15)22-17(23)13-25-16-6-4-3-5-7-16/h3-11,14,18H,12-13H2,1-2H3,(H,21,24)(H,22,23). The Hall–Kier alpha value is -2.89. The highest BCUT2D eigenvalue weighted by Crippen LogP contribution is 2.08. The number of nitrogens with zero attached hydrogens (tertiary/aromatic N) is 1. The summed E-state index contributed by atoms with van der Waals surface area (Å²) in [6.45, 7) is 4.02. The van der Waals surface area contributed by atoms with Gasteiger partial charge in [-0.2, -0.15) is 0 Å². The molecule has 0 aliphatic rings. The van der Waals surface area contributed by atoms with Crippen molar-refractivity contribution in [3.8, 4) is 5.75 Å². The van der Waals surface area contributed by atoms with Crippen LogP contribution in [0.2, 0.25) is 0 Å². The van der Waals surface area contributed by atoms with Crippen LogP contribution in [0.4, 0.5) is 0 Å². The number of aromatic nitrogens is 1. The monoisotopic (exact) mass is 341 g/mol. The Balaban J connectivity index is 1.84. The largest absolute Gasteiger partial charge is 0.484 e. The molecule has 0 saturated carbocycles. The van der Waals surface area contributed by atoms with E-state index in [1.807, 2.05) is 44.2 Å². The van der Waals surface area contributed by atoms with E-state index >= 15 is 0 Å². The van der Waals surface area contributed by atoms with Gasteiger partial charge in [-0.15, -0.1) is 0 Å². The lowest BCUT2D eigenvalue weighted by Crippen LogP contribution is -2.50. The smallest absolute Gasteiger partial charge is 0.258 e. The molecule has 1 atom stereocenters. The molecule has 0 saturated heterocycles. The van der Waals surface area contributed by atoms with Crippen LogP contribution in [0.1, 0.15) is 19.4 Å². The van der Waals surface area contributed by atoms with Crippen molar-refractivity contribution in [2.24, 2.45) is 5.92 Å². The third-order valence-electron chi connectivity index (χ3n) is 3.59. The summed E-state index contributed by atoms with van der Waals surface area (Å²) in [5.74, 6) is 0.0143. The van der Waals surface area contributed by atoms with Gasteiger partial charge in [0.05, 0.1) is 0 Å². The normalized spacial score (nSPS) is 11.6. The molecule has 0 aliphatic heterocycles. The highest BCUT2D eigenvalue weighted by Gasteiger charge is 2.24. The lowest BCUT2D eigenvalue weighted by Gasteiger charge is -2.21. The molecule has 0 radical (unpaired) electrons. The van der Waals surface area contributed by atoms with Crippen LogP contribution in [0, 0.1) is 5.92 Å². The van der Waals surface area contributed by atoms with Gasteiger partial charge in [-0.1, -0.05) is 32.0 Å². The van der Waals surface area contributed by atoms with Crippen LogP contribution in [0.25, 0.3) is 0 Å². The van der Waals surface area contributed by atoms with Crippen LogP contribution < -0.4 is 15.4 Å². The molecule has 6 heteroatoms. The van der Waals surface area contributed by atoms with Crippen LogP contribution in [-0.4, -0.2) is 29.4 Å². The second-order valence-electron chi connectivity index (χ2n) is 5.96. The number of ether oxygens (including phenoxy) is 1. The summed E-state index contributed by atoms with van der Waals surface area (Å²) in [5, 5.41) is 5.57. The number of hydrogen-bond donors (Lipinski definition) is 2. The van der Waals surface area contributed by atoms with Crippen molar-refractivity contribution >= 4 is 11.8 Å². The van der Waals surface area contributed by atoms with E-state index < -0.39 is 6.04 Å². The maximum Gasteiger partial charge on any atom is 0.258 e. The first kappa shape index (κ1) is 18.4. The number of nitrogens with one attached hydrogen (secondary N) is 2. The van der Waals surface area contributed by atoms with Crippen molar-refractivity contribution in [2.45, 2.75) is 26.4 Å². The molecular weight excluding hydrogens is 318 g/mol. The van der Waals surface area contributed by atoms with E-state index in [0.29, 0.717) is 12.3 Å². The average molecular weight is 341 g/mol. The number of carbonyl (C=O) groups is 2. The molecule has 1 aromatic heterocycles.